The van der Waals surface area contributed by atoms with E-state index in [0.717, 1.165) is 37.7 Å². The Hall–Kier alpha value is -1.43. The lowest BCUT2D eigenvalue weighted by Gasteiger charge is -2.37. The van der Waals surface area contributed by atoms with E-state index in [1.54, 1.807) is 15.8 Å². The van der Waals surface area contributed by atoms with E-state index in [1.807, 2.05) is 20.3 Å². The Morgan fingerprint density at radius 3 is 2.65 bits per heavy atom. The Morgan fingerprint density at radius 2 is 2.15 bits per heavy atom. The maximum Gasteiger partial charge on any atom is 0.235 e. The molecule has 1 heterocycles. The first-order chi connectivity index (χ1) is 9.45. The Morgan fingerprint density at radius 1 is 1.50 bits per heavy atom. The summed E-state index contributed by atoms with van der Waals surface area (Å²) in [6.07, 6.45) is 8.44. The number of rotatable bonds is 4. The summed E-state index contributed by atoms with van der Waals surface area (Å²) in [5, 5.41) is 4.12. The van der Waals surface area contributed by atoms with Crippen molar-refractivity contribution in [1.29, 1.82) is 0 Å². The largest absolute Gasteiger partial charge is 0.392 e. The lowest BCUT2D eigenvalue weighted by Crippen LogP contribution is -2.50. The van der Waals surface area contributed by atoms with Gasteiger partial charge in [0, 0.05) is 32.4 Å². The topological polar surface area (TPSA) is 64.2 Å². The van der Waals surface area contributed by atoms with Crippen LogP contribution in [0, 0.1) is 5.41 Å². The average molecular weight is 294 g/mol. The van der Waals surface area contributed by atoms with Crippen LogP contribution < -0.4 is 5.73 Å². The molecule has 1 amide bonds. The van der Waals surface area contributed by atoms with Crippen molar-refractivity contribution in [2.24, 2.45) is 18.2 Å². The highest BCUT2D eigenvalue weighted by molar-refractivity contribution is 7.80. The van der Waals surface area contributed by atoms with Crippen LogP contribution in [0.4, 0.5) is 0 Å². The predicted molar refractivity (Wildman–Crippen MR) is 82.0 cm³/mol. The van der Waals surface area contributed by atoms with Gasteiger partial charge in [-0.25, -0.2) is 0 Å². The van der Waals surface area contributed by atoms with Gasteiger partial charge in [-0.05, 0) is 12.8 Å². The monoisotopic (exact) mass is 294 g/mol. The van der Waals surface area contributed by atoms with E-state index in [0.29, 0.717) is 11.5 Å². The minimum absolute atomic E-state index is 0.0496. The standard InChI is InChI=1S/C14H22N4OS/c1-17(9-11-8-16-18(2)10-11)13(19)14(12(15)20)6-4-3-5-7-14/h8,10H,3-7,9H2,1-2H3,(H2,15,20). The zero-order chi connectivity index (χ0) is 14.8. The first-order valence-corrected chi connectivity index (χ1v) is 7.39. The third-order valence-corrected chi connectivity index (χ3v) is 4.50. The summed E-state index contributed by atoms with van der Waals surface area (Å²) in [5.41, 5.74) is 6.28. The molecule has 0 aromatic carbocycles. The van der Waals surface area contributed by atoms with Gasteiger partial charge in [-0.2, -0.15) is 5.10 Å². The molecule has 1 saturated carbocycles. The number of nitrogens with zero attached hydrogens (tertiary/aromatic N) is 3. The molecule has 1 aliphatic rings. The molecule has 1 aromatic rings. The number of carbonyl (C=O) groups is 1. The molecule has 6 heteroatoms. The van der Waals surface area contributed by atoms with Crippen LogP contribution in [0.2, 0.25) is 0 Å². The zero-order valence-electron chi connectivity index (χ0n) is 12.1. The van der Waals surface area contributed by atoms with Crippen molar-refractivity contribution < 1.29 is 4.79 Å². The number of thiocarbonyl (C=S) groups is 1. The highest BCUT2D eigenvalue weighted by Gasteiger charge is 2.43. The van der Waals surface area contributed by atoms with E-state index in [1.165, 1.54) is 0 Å². The fraction of sp³-hybridized carbons (Fsp3) is 0.643. The molecule has 0 aliphatic heterocycles. The number of aromatic nitrogens is 2. The lowest BCUT2D eigenvalue weighted by molar-refractivity contribution is -0.138. The SMILES string of the molecule is CN(Cc1cnn(C)c1)C(=O)C1(C(N)=S)CCCCC1. The summed E-state index contributed by atoms with van der Waals surface area (Å²) in [4.78, 5) is 14.9. The number of carbonyl (C=O) groups excluding carboxylic acids is 1. The van der Waals surface area contributed by atoms with Gasteiger partial charge in [0.2, 0.25) is 5.91 Å². The second-order valence-corrected chi connectivity index (χ2v) is 6.13. The van der Waals surface area contributed by atoms with Gasteiger partial charge in [-0.15, -0.1) is 0 Å². The molecule has 20 heavy (non-hydrogen) atoms. The molecule has 0 spiro atoms. The minimum Gasteiger partial charge on any atom is -0.392 e. The molecule has 0 bridgehead atoms. The first-order valence-electron chi connectivity index (χ1n) is 6.99. The smallest absolute Gasteiger partial charge is 0.235 e. The van der Waals surface area contributed by atoms with E-state index in [-0.39, 0.29) is 5.91 Å². The molecule has 1 aliphatic carbocycles. The van der Waals surface area contributed by atoms with E-state index in [4.69, 9.17) is 18.0 Å². The van der Waals surface area contributed by atoms with Crippen molar-refractivity contribution >= 4 is 23.1 Å². The van der Waals surface area contributed by atoms with E-state index in [9.17, 15) is 4.79 Å². The van der Waals surface area contributed by atoms with Gasteiger partial charge < -0.3 is 10.6 Å². The van der Waals surface area contributed by atoms with Crippen molar-refractivity contribution in [3.05, 3.63) is 18.0 Å². The van der Waals surface area contributed by atoms with Crippen LogP contribution in [0.25, 0.3) is 0 Å². The molecule has 0 unspecified atom stereocenters. The average Bonchev–Trinajstić information content (AvgIpc) is 2.83. The Kier molecular flexibility index (Phi) is 4.42. The molecule has 0 saturated heterocycles. The third-order valence-electron chi connectivity index (χ3n) is 4.11. The quantitative estimate of drug-likeness (QED) is 0.857. The van der Waals surface area contributed by atoms with Crippen molar-refractivity contribution in [3.63, 3.8) is 0 Å². The van der Waals surface area contributed by atoms with Gasteiger partial charge in [0.05, 0.1) is 16.6 Å². The molecular weight excluding hydrogens is 272 g/mol. The number of amides is 1. The van der Waals surface area contributed by atoms with E-state index >= 15 is 0 Å². The predicted octanol–water partition coefficient (Wildman–Crippen LogP) is 1.62. The van der Waals surface area contributed by atoms with Crippen molar-refractivity contribution in [2.45, 2.75) is 38.6 Å². The summed E-state index contributed by atoms with van der Waals surface area (Å²) in [7, 11) is 3.67. The zero-order valence-corrected chi connectivity index (χ0v) is 12.9. The number of hydrogen-bond acceptors (Lipinski definition) is 3. The Bertz CT molecular complexity index is 505. The molecule has 2 N–H and O–H groups in total. The van der Waals surface area contributed by atoms with Crippen LogP contribution in [0.1, 0.15) is 37.7 Å². The summed E-state index contributed by atoms with van der Waals surface area (Å²) >= 11 is 5.21. The molecule has 1 fully saturated rings. The first kappa shape index (κ1) is 15.0. The van der Waals surface area contributed by atoms with Gasteiger partial charge in [-0.1, -0.05) is 31.5 Å². The summed E-state index contributed by atoms with van der Waals surface area (Å²) in [5.74, 6) is 0.0496. The van der Waals surface area contributed by atoms with Crippen molar-refractivity contribution in [3.8, 4) is 0 Å². The number of nitrogens with two attached hydrogens (primary N) is 1. The second-order valence-electron chi connectivity index (χ2n) is 5.69. The number of aryl methyl sites for hydroxylation is 1. The highest BCUT2D eigenvalue weighted by atomic mass is 32.1. The van der Waals surface area contributed by atoms with Gasteiger partial charge in [-0.3, -0.25) is 9.48 Å². The Balaban J connectivity index is 2.12. The van der Waals surface area contributed by atoms with E-state index in [2.05, 4.69) is 5.10 Å². The van der Waals surface area contributed by atoms with Crippen LogP contribution in [0.15, 0.2) is 12.4 Å². The normalized spacial score (nSPS) is 17.7. The maximum atomic E-state index is 12.8. The fourth-order valence-electron chi connectivity index (χ4n) is 2.99. The van der Waals surface area contributed by atoms with Crippen LogP contribution in [-0.2, 0) is 18.4 Å². The van der Waals surface area contributed by atoms with E-state index < -0.39 is 5.41 Å². The summed E-state index contributed by atoms with van der Waals surface area (Å²) in [6.45, 7) is 0.539. The molecule has 2 rings (SSSR count). The Labute approximate surface area is 125 Å². The van der Waals surface area contributed by atoms with Crippen molar-refractivity contribution in [1.82, 2.24) is 14.7 Å². The van der Waals surface area contributed by atoms with Gasteiger partial charge in [0.15, 0.2) is 0 Å². The minimum atomic E-state index is -0.634. The number of hydrogen-bond donors (Lipinski definition) is 1. The molecular formula is C14H22N4OS. The second kappa shape index (κ2) is 5.91. The highest BCUT2D eigenvalue weighted by Crippen LogP contribution is 2.38. The molecule has 0 radical (unpaired) electrons. The molecule has 110 valence electrons. The molecule has 5 nitrogen and oxygen atoms in total. The van der Waals surface area contributed by atoms with Crippen LogP contribution >= 0.6 is 12.2 Å². The van der Waals surface area contributed by atoms with Gasteiger partial charge >= 0.3 is 0 Å². The van der Waals surface area contributed by atoms with Crippen LogP contribution in [0.3, 0.4) is 0 Å². The van der Waals surface area contributed by atoms with Gasteiger partial charge in [0.25, 0.3) is 0 Å². The van der Waals surface area contributed by atoms with Crippen molar-refractivity contribution in [2.75, 3.05) is 7.05 Å². The van der Waals surface area contributed by atoms with Crippen LogP contribution in [0.5, 0.6) is 0 Å². The third kappa shape index (κ3) is 2.85. The lowest BCUT2D eigenvalue weighted by atomic mass is 9.73. The fourth-order valence-corrected chi connectivity index (χ4v) is 3.28. The molecule has 1 aromatic heterocycles. The summed E-state index contributed by atoms with van der Waals surface area (Å²) < 4.78 is 1.73. The van der Waals surface area contributed by atoms with Gasteiger partial charge in [0.1, 0.15) is 0 Å². The van der Waals surface area contributed by atoms with Crippen LogP contribution in [-0.4, -0.2) is 32.6 Å². The molecule has 0 atom stereocenters. The maximum absolute atomic E-state index is 12.8. The summed E-state index contributed by atoms with van der Waals surface area (Å²) in [6, 6.07) is 0.